The van der Waals surface area contributed by atoms with Gasteiger partial charge in [-0.3, -0.25) is 9.48 Å². The minimum absolute atomic E-state index is 0.101. The highest BCUT2D eigenvalue weighted by atomic mass is 16.4. The van der Waals surface area contributed by atoms with E-state index in [1.54, 1.807) is 13.1 Å². The van der Waals surface area contributed by atoms with Crippen LogP contribution in [0.1, 0.15) is 5.69 Å². The second-order valence-corrected chi connectivity index (χ2v) is 3.34. The summed E-state index contributed by atoms with van der Waals surface area (Å²) in [6, 6.07) is 4.72. The van der Waals surface area contributed by atoms with Crippen LogP contribution in [0.3, 0.4) is 0 Å². The van der Waals surface area contributed by atoms with Gasteiger partial charge in [-0.15, -0.1) is 0 Å². The number of phenols is 1. The molecule has 5 heteroatoms. The van der Waals surface area contributed by atoms with E-state index >= 15 is 0 Å². The van der Waals surface area contributed by atoms with Gasteiger partial charge in [-0.2, -0.15) is 5.10 Å². The largest absolute Gasteiger partial charge is 0.508 e. The standard InChI is InChI=1S/C10H10N2O3/c1-12-9(5-10(14)15)7-4-6(13)2-3-8(7)11-12/h2-4,13H,5H2,1H3,(H,14,15). The van der Waals surface area contributed by atoms with Crippen LogP contribution in [0.2, 0.25) is 0 Å². The van der Waals surface area contributed by atoms with Crippen LogP contribution in [0, 0.1) is 0 Å². The van der Waals surface area contributed by atoms with Crippen molar-refractivity contribution in [1.29, 1.82) is 0 Å². The topological polar surface area (TPSA) is 75.3 Å². The zero-order valence-electron chi connectivity index (χ0n) is 8.14. The van der Waals surface area contributed by atoms with Gasteiger partial charge in [0.15, 0.2) is 0 Å². The van der Waals surface area contributed by atoms with Crippen molar-refractivity contribution in [2.24, 2.45) is 7.05 Å². The zero-order valence-corrected chi connectivity index (χ0v) is 8.14. The van der Waals surface area contributed by atoms with Crippen LogP contribution in [-0.2, 0) is 18.3 Å². The molecule has 5 nitrogen and oxygen atoms in total. The fraction of sp³-hybridized carbons (Fsp3) is 0.200. The Bertz CT molecular complexity index is 531. The molecule has 2 aromatic rings. The average molecular weight is 206 g/mol. The van der Waals surface area contributed by atoms with Crippen LogP contribution in [-0.4, -0.2) is 26.0 Å². The van der Waals surface area contributed by atoms with E-state index in [1.165, 1.54) is 16.8 Å². The number of fused-ring (bicyclic) bond motifs is 1. The van der Waals surface area contributed by atoms with Gasteiger partial charge in [0.25, 0.3) is 0 Å². The molecule has 0 aliphatic rings. The first kappa shape index (κ1) is 9.51. The third-order valence-corrected chi connectivity index (χ3v) is 2.26. The maximum atomic E-state index is 10.6. The van der Waals surface area contributed by atoms with Gasteiger partial charge in [0.1, 0.15) is 5.75 Å². The lowest BCUT2D eigenvalue weighted by Crippen LogP contribution is -2.06. The van der Waals surface area contributed by atoms with Crippen LogP contribution in [0.5, 0.6) is 5.75 Å². The minimum atomic E-state index is -0.914. The second kappa shape index (κ2) is 3.27. The Labute approximate surface area is 85.6 Å². The Morgan fingerprint density at radius 1 is 1.53 bits per heavy atom. The first-order chi connectivity index (χ1) is 7.08. The number of hydrogen-bond acceptors (Lipinski definition) is 3. The fourth-order valence-electron chi connectivity index (χ4n) is 1.59. The number of aryl methyl sites for hydroxylation is 1. The maximum Gasteiger partial charge on any atom is 0.309 e. The van der Waals surface area contributed by atoms with Crippen molar-refractivity contribution in [3.8, 4) is 5.75 Å². The molecule has 0 saturated heterocycles. The Balaban J connectivity index is 2.65. The zero-order chi connectivity index (χ0) is 11.0. The minimum Gasteiger partial charge on any atom is -0.508 e. The molecule has 0 aliphatic carbocycles. The Kier molecular flexibility index (Phi) is 2.07. The molecule has 0 radical (unpaired) electrons. The molecule has 0 aliphatic heterocycles. The first-order valence-electron chi connectivity index (χ1n) is 4.44. The molecule has 1 aromatic carbocycles. The molecule has 0 fully saturated rings. The molecule has 0 saturated carbocycles. The van der Waals surface area contributed by atoms with E-state index < -0.39 is 5.97 Å². The molecular formula is C10H10N2O3. The summed E-state index contributed by atoms with van der Waals surface area (Å²) in [4.78, 5) is 10.6. The Morgan fingerprint density at radius 2 is 2.27 bits per heavy atom. The van der Waals surface area contributed by atoms with E-state index in [9.17, 15) is 9.90 Å². The number of aromatic hydroxyl groups is 1. The predicted molar refractivity (Wildman–Crippen MR) is 53.7 cm³/mol. The summed E-state index contributed by atoms with van der Waals surface area (Å²) in [7, 11) is 1.69. The number of hydrogen-bond donors (Lipinski definition) is 2. The second-order valence-electron chi connectivity index (χ2n) is 3.34. The maximum absolute atomic E-state index is 10.6. The molecule has 78 valence electrons. The van der Waals surface area contributed by atoms with E-state index in [0.29, 0.717) is 16.6 Å². The van der Waals surface area contributed by atoms with Crippen LogP contribution in [0.4, 0.5) is 0 Å². The highest BCUT2D eigenvalue weighted by Crippen LogP contribution is 2.22. The highest BCUT2D eigenvalue weighted by molar-refractivity contribution is 5.86. The first-order valence-corrected chi connectivity index (χ1v) is 4.44. The molecule has 0 atom stereocenters. The number of carboxylic acids is 1. The molecule has 0 amide bonds. The van der Waals surface area contributed by atoms with Crippen molar-refractivity contribution in [1.82, 2.24) is 9.78 Å². The van der Waals surface area contributed by atoms with Gasteiger partial charge < -0.3 is 10.2 Å². The van der Waals surface area contributed by atoms with Crippen molar-refractivity contribution in [3.05, 3.63) is 23.9 Å². The highest BCUT2D eigenvalue weighted by Gasteiger charge is 2.12. The van der Waals surface area contributed by atoms with Crippen LogP contribution >= 0.6 is 0 Å². The average Bonchev–Trinajstić information content (AvgIpc) is 2.43. The number of nitrogens with zero attached hydrogens (tertiary/aromatic N) is 2. The summed E-state index contributed by atoms with van der Waals surface area (Å²) >= 11 is 0. The predicted octanol–water partition coefficient (Wildman–Crippen LogP) is 0.906. The van der Waals surface area contributed by atoms with Gasteiger partial charge in [-0.1, -0.05) is 0 Å². The molecule has 1 heterocycles. The van der Waals surface area contributed by atoms with Crippen molar-refractivity contribution < 1.29 is 15.0 Å². The number of carboxylic acid groups (broad SMARTS) is 1. The molecular weight excluding hydrogens is 196 g/mol. The summed E-state index contributed by atoms with van der Waals surface area (Å²) in [5.41, 5.74) is 1.28. The lowest BCUT2D eigenvalue weighted by molar-refractivity contribution is -0.136. The third kappa shape index (κ3) is 1.63. The van der Waals surface area contributed by atoms with Gasteiger partial charge >= 0.3 is 5.97 Å². The van der Waals surface area contributed by atoms with Gasteiger partial charge in [0, 0.05) is 12.4 Å². The van der Waals surface area contributed by atoms with Gasteiger partial charge in [-0.25, -0.2) is 0 Å². The monoisotopic (exact) mass is 206 g/mol. The number of carbonyl (C=O) groups is 1. The van der Waals surface area contributed by atoms with Crippen molar-refractivity contribution in [2.45, 2.75) is 6.42 Å². The normalized spacial score (nSPS) is 10.7. The Morgan fingerprint density at radius 3 is 2.93 bits per heavy atom. The smallest absolute Gasteiger partial charge is 0.309 e. The lowest BCUT2D eigenvalue weighted by atomic mass is 10.1. The van der Waals surface area contributed by atoms with Gasteiger partial charge in [0.2, 0.25) is 0 Å². The van der Waals surface area contributed by atoms with Crippen LogP contribution in [0.25, 0.3) is 10.9 Å². The van der Waals surface area contributed by atoms with Crippen molar-refractivity contribution in [2.75, 3.05) is 0 Å². The van der Waals surface area contributed by atoms with Crippen LogP contribution < -0.4 is 0 Å². The number of aliphatic carboxylic acids is 1. The molecule has 2 rings (SSSR count). The fourth-order valence-corrected chi connectivity index (χ4v) is 1.59. The molecule has 0 bridgehead atoms. The van der Waals surface area contributed by atoms with E-state index in [1.807, 2.05) is 0 Å². The van der Waals surface area contributed by atoms with Crippen LogP contribution in [0.15, 0.2) is 18.2 Å². The Hall–Kier alpha value is -2.04. The molecule has 0 unspecified atom stereocenters. The van der Waals surface area contributed by atoms with Crippen molar-refractivity contribution in [3.63, 3.8) is 0 Å². The number of phenolic OH excluding ortho intramolecular Hbond substituents is 1. The SMILES string of the molecule is Cn1nc2ccc(O)cc2c1CC(=O)O. The lowest BCUT2D eigenvalue weighted by Gasteiger charge is -1.98. The van der Waals surface area contributed by atoms with E-state index in [4.69, 9.17) is 5.11 Å². The van der Waals surface area contributed by atoms with E-state index in [2.05, 4.69) is 5.10 Å². The summed E-state index contributed by atoms with van der Waals surface area (Å²) < 4.78 is 1.53. The van der Waals surface area contributed by atoms with E-state index in [-0.39, 0.29) is 12.2 Å². The summed E-state index contributed by atoms with van der Waals surface area (Å²) in [6.45, 7) is 0. The van der Waals surface area contributed by atoms with Gasteiger partial charge in [-0.05, 0) is 18.2 Å². The number of aromatic nitrogens is 2. The van der Waals surface area contributed by atoms with Crippen molar-refractivity contribution >= 4 is 16.9 Å². The number of rotatable bonds is 2. The molecule has 15 heavy (non-hydrogen) atoms. The summed E-state index contributed by atoms with van der Waals surface area (Å²) in [5, 5.41) is 22.9. The molecule has 2 N–H and O–H groups in total. The quantitative estimate of drug-likeness (QED) is 0.765. The summed E-state index contributed by atoms with van der Waals surface area (Å²) in [6.07, 6.45) is -0.101. The van der Waals surface area contributed by atoms with E-state index in [0.717, 1.165) is 0 Å². The molecule has 0 spiro atoms. The van der Waals surface area contributed by atoms with Gasteiger partial charge in [0.05, 0.1) is 17.6 Å². The summed E-state index contributed by atoms with van der Waals surface area (Å²) in [5.74, 6) is -0.801. The third-order valence-electron chi connectivity index (χ3n) is 2.26. The number of benzene rings is 1. The molecule has 1 aromatic heterocycles.